The Bertz CT molecular complexity index is 632. The summed E-state index contributed by atoms with van der Waals surface area (Å²) in [4.78, 5) is 34.9. The molecule has 0 aliphatic carbocycles. The van der Waals surface area contributed by atoms with Crippen molar-refractivity contribution >= 4 is 17.9 Å². The van der Waals surface area contributed by atoms with Crippen LogP contribution in [0.4, 0.5) is 15.3 Å². The van der Waals surface area contributed by atoms with Crippen molar-refractivity contribution in [1.29, 1.82) is 0 Å². The van der Waals surface area contributed by atoms with Crippen LogP contribution in [-0.4, -0.2) is 46.7 Å². The molecule has 0 atom stereocenters. The zero-order valence-electron chi connectivity index (χ0n) is 13.6. The SMILES string of the molecule is CC(C)(C)OC(=O)NC1CN(C(=O)Oc2ccc([N+](=O)[O-])cc2)C1. The third-order valence-electron chi connectivity index (χ3n) is 3.11. The molecule has 0 radical (unpaired) electrons. The summed E-state index contributed by atoms with van der Waals surface area (Å²) in [6.45, 7) is 5.92. The van der Waals surface area contributed by atoms with Crippen LogP contribution in [0.15, 0.2) is 24.3 Å². The lowest BCUT2D eigenvalue weighted by Crippen LogP contribution is -2.61. The number of likely N-dealkylation sites (tertiary alicyclic amines) is 1. The Balaban J connectivity index is 1.76. The molecule has 2 rings (SSSR count). The van der Waals surface area contributed by atoms with E-state index in [0.717, 1.165) is 0 Å². The molecule has 1 heterocycles. The minimum Gasteiger partial charge on any atom is -0.444 e. The van der Waals surface area contributed by atoms with E-state index in [4.69, 9.17) is 9.47 Å². The highest BCUT2D eigenvalue weighted by molar-refractivity contribution is 5.73. The summed E-state index contributed by atoms with van der Waals surface area (Å²) in [7, 11) is 0. The second kappa shape index (κ2) is 6.73. The van der Waals surface area contributed by atoms with Gasteiger partial charge in [0.05, 0.1) is 11.0 Å². The highest BCUT2D eigenvalue weighted by Gasteiger charge is 2.34. The van der Waals surface area contributed by atoms with Crippen LogP contribution in [0.1, 0.15) is 20.8 Å². The van der Waals surface area contributed by atoms with Gasteiger partial charge in [0.2, 0.25) is 0 Å². The van der Waals surface area contributed by atoms with Crippen molar-refractivity contribution in [3.05, 3.63) is 34.4 Å². The first-order valence-corrected chi connectivity index (χ1v) is 7.35. The molecular weight excluding hydrogens is 318 g/mol. The van der Waals surface area contributed by atoms with Gasteiger partial charge in [-0.2, -0.15) is 0 Å². The second-order valence-electron chi connectivity index (χ2n) is 6.37. The van der Waals surface area contributed by atoms with E-state index in [1.807, 2.05) is 0 Å². The number of carbonyl (C=O) groups is 2. The van der Waals surface area contributed by atoms with Crippen molar-refractivity contribution < 1.29 is 24.0 Å². The molecule has 2 amide bonds. The van der Waals surface area contributed by atoms with E-state index in [9.17, 15) is 19.7 Å². The van der Waals surface area contributed by atoms with Gasteiger partial charge in [0, 0.05) is 25.2 Å². The fourth-order valence-corrected chi connectivity index (χ4v) is 1.99. The van der Waals surface area contributed by atoms with Crippen LogP contribution in [0.3, 0.4) is 0 Å². The van der Waals surface area contributed by atoms with Gasteiger partial charge in [-0.05, 0) is 32.9 Å². The Labute approximate surface area is 138 Å². The topological polar surface area (TPSA) is 111 Å². The van der Waals surface area contributed by atoms with Gasteiger partial charge in [0.25, 0.3) is 5.69 Å². The fraction of sp³-hybridized carbons (Fsp3) is 0.467. The number of carbonyl (C=O) groups excluding carboxylic acids is 2. The third kappa shape index (κ3) is 4.83. The van der Waals surface area contributed by atoms with Crippen molar-refractivity contribution in [3.8, 4) is 5.75 Å². The van der Waals surface area contributed by atoms with Crippen molar-refractivity contribution in [2.75, 3.05) is 13.1 Å². The summed E-state index contributed by atoms with van der Waals surface area (Å²) < 4.78 is 10.2. The monoisotopic (exact) mass is 337 g/mol. The zero-order valence-corrected chi connectivity index (χ0v) is 13.6. The van der Waals surface area contributed by atoms with Crippen LogP contribution in [0, 0.1) is 10.1 Å². The first-order valence-electron chi connectivity index (χ1n) is 7.35. The number of hydrogen-bond donors (Lipinski definition) is 1. The number of amides is 2. The average molecular weight is 337 g/mol. The van der Waals surface area contributed by atoms with E-state index in [2.05, 4.69) is 5.32 Å². The first-order chi connectivity index (χ1) is 11.1. The molecule has 24 heavy (non-hydrogen) atoms. The highest BCUT2D eigenvalue weighted by atomic mass is 16.6. The number of nitrogens with zero attached hydrogens (tertiary/aromatic N) is 2. The van der Waals surface area contributed by atoms with Crippen LogP contribution >= 0.6 is 0 Å². The van der Waals surface area contributed by atoms with E-state index < -0.39 is 22.7 Å². The maximum Gasteiger partial charge on any atom is 0.415 e. The summed E-state index contributed by atoms with van der Waals surface area (Å²) in [5.41, 5.74) is -0.664. The van der Waals surface area contributed by atoms with Crippen LogP contribution in [0.25, 0.3) is 0 Å². The number of non-ortho nitro benzene ring substituents is 1. The lowest BCUT2D eigenvalue weighted by molar-refractivity contribution is -0.384. The number of alkyl carbamates (subject to hydrolysis) is 1. The largest absolute Gasteiger partial charge is 0.444 e. The van der Waals surface area contributed by atoms with Gasteiger partial charge in [-0.15, -0.1) is 0 Å². The number of nitro benzene ring substituents is 1. The molecule has 1 aliphatic heterocycles. The van der Waals surface area contributed by atoms with Crippen LogP contribution < -0.4 is 10.1 Å². The Morgan fingerprint density at radius 1 is 1.25 bits per heavy atom. The molecular formula is C15H19N3O6. The predicted octanol–water partition coefficient (Wildman–Crippen LogP) is 2.30. The van der Waals surface area contributed by atoms with Crippen LogP contribution in [0.2, 0.25) is 0 Å². The smallest absolute Gasteiger partial charge is 0.415 e. The number of nitrogens with one attached hydrogen (secondary N) is 1. The van der Waals surface area contributed by atoms with Gasteiger partial charge in [-0.1, -0.05) is 0 Å². The lowest BCUT2D eigenvalue weighted by atomic mass is 10.1. The Morgan fingerprint density at radius 3 is 2.33 bits per heavy atom. The van der Waals surface area contributed by atoms with E-state index >= 15 is 0 Å². The van der Waals surface area contributed by atoms with Crippen LogP contribution in [-0.2, 0) is 4.74 Å². The second-order valence-corrected chi connectivity index (χ2v) is 6.37. The molecule has 1 aliphatic rings. The van der Waals surface area contributed by atoms with Crippen molar-refractivity contribution in [3.63, 3.8) is 0 Å². The Kier molecular flexibility index (Phi) is 4.91. The van der Waals surface area contributed by atoms with Gasteiger partial charge >= 0.3 is 12.2 Å². The van der Waals surface area contributed by atoms with Crippen LogP contribution in [0.5, 0.6) is 5.75 Å². The number of nitro groups is 1. The summed E-state index contributed by atoms with van der Waals surface area (Å²) in [5, 5.41) is 13.2. The number of benzene rings is 1. The molecule has 0 saturated carbocycles. The minimum atomic E-state index is -0.581. The molecule has 1 N–H and O–H groups in total. The van der Waals surface area contributed by atoms with Gasteiger partial charge in [-0.3, -0.25) is 10.1 Å². The number of rotatable bonds is 3. The van der Waals surface area contributed by atoms with E-state index in [-0.39, 0.29) is 17.5 Å². The molecule has 0 aromatic heterocycles. The van der Waals surface area contributed by atoms with E-state index in [0.29, 0.717) is 13.1 Å². The van der Waals surface area contributed by atoms with Gasteiger partial charge < -0.3 is 19.7 Å². The maximum absolute atomic E-state index is 11.9. The lowest BCUT2D eigenvalue weighted by Gasteiger charge is -2.38. The van der Waals surface area contributed by atoms with Crippen molar-refractivity contribution in [1.82, 2.24) is 10.2 Å². The number of hydrogen-bond acceptors (Lipinski definition) is 6. The van der Waals surface area contributed by atoms with Gasteiger partial charge in [0.15, 0.2) is 0 Å². The summed E-state index contributed by atoms with van der Waals surface area (Å²) in [6.07, 6.45) is -1.11. The molecule has 0 unspecified atom stereocenters. The van der Waals surface area contributed by atoms with Crippen molar-refractivity contribution in [2.24, 2.45) is 0 Å². The number of ether oxygens (including phenoxy) is 2. The zero-order chi connectivity index (χ0) is 17.9. The first kappa shape index (κ1) is 17.5. The molecule has 1 saturated heterocycles. The summed E-state index contributed by atoms with van der Waals surface area (Å²) in [5.74, 6) is 0.217. The Hall–Kier alpha value is -2.84. The van der Waals surface area contributed by atoms with Gasteiger partial charge in [0.1, 0.15) is 11.4 Å². The standard InChI is InChI=1S/C15H19N3O6/c1-15(2,3)24-13(19)16-10-8-17(9-10)14(20)23-12-6-4-11(5-7-12)18(21)22/h4-7,10H,8-9H2,1-3H3,(H,16,19). The summed E-state index contributed by atoms with van der Waals surface area (Å²) >= 11 is 0. The summed E-state index contributed by atoms with van der Waals surface area (Å²) in [6, 6.07) is 5.03. The normalized spacial score (nSPS) is 14.5. The predicted molar refractivity (Wildman–Crippen MR) is 83.9 cm³/mol. The minimum absolute atomic E-state index is 0.0830. The fourth-order valence-electron chi connectivity index (χ4n) is 1.99. The van der Waals surface area contributed by atoms with Crippen molar-refractivity contribution in [2.45, 2.75) is 32.4 Å². The highest BCUT2D eigenvalue weighted by Crippen LogP contribution is 2.19. The quantitative estimate of drug-likeness (QED) is 0.669. The molecule has 0 bridgehead atoms. The molecule has 1 aromatic carbocycles. The molecule has 1 aromatic rings. The molecule has 130 valence electrons. The molecule has 9 heteroatoms. The Morgan fingerprint density at radius 2 is 1.83 bits per heavy atom. The molecule has 1 fully saturated rings. The average Bonchev–Trinajstić information content (AvgIpc) is 2.40. The maximum atomic E-state index is 11.9. The van der Waals surface area contributed by atoms with E-state index in [1.54, 1.807) is 20.8 Å². The molecule has 0 spiro atoms. The third-order valence-corrected chi connectivity index (χ3v) is 3.11. The van der Waals surface area contributed by atoms with E-state index in [1.165, 1.54) is 29.2 Å². The van der Waals surface area contributed by atoms with Gasteiger partial charge in [-0.25, -0.2) is 9.59 Å². The molecule has 9 nitrogen and oxygen atoms in total.